The largest absolute Gasteiger partial charge is 0.274 e. The van der Waals surface area contributed by atoms with E-state index in [1.54, 1.807) is 29.1 Å². The molecule has 1 aliphatic rings. The Labute approximate surface area is 164 Å². The first-order valence-electron chi connectivity index (χ1n) is 8.62. The van der Waals surface area contributed by atoms with Crippen molar-refractivity contribution in [3.63, 3.8) is 0 Å². The summed E-state index contributed by atoms with van der Waals surface area (Å²) in [5.74, 6) is 0.141. The molecule has 2 amide bonds. The number of carbonyl (C=O) groups is 2. The van der Waals surface area contributed by atoms with Crippen molar-refractivity contribution in [3.8, 4) is 11.4 Å². The van der Waals surface area contributed by atoms with Crippen LogP contribution in [0, 0.1) is 0 Å². The molecule has 0 fully saturated rings. The lowest BCUT2D eigenvalue weighted by atomic mass is 10.1. The average molecular weight is 426 g/mol. The van der Waals surface area contributed by atoms with Crippen molar-refractivity contribution in [2.75, 3.05) is 6.54 Å². The van der Waals surface area contributed by atoms with E-state index in [0.29, 0.717) is 36.5 Å². The predicted octanol–water partition coefficient (Wildman–Crippen LogP) is 3.18. The normalized spacial score (nSPS) is 13.3. The lowest BCUT2D eigenvalue weighted by Gasteiger charge is -2.13. The number of nitrogens with zero attached hydrogens (tertiary/aromatic N) is 5. The van der Waals surface area contributed by atoms with Gasteiger partial charge in [0, 0.05) is 16.6 Å². The number of rotatable bonds is 6. The summed E-state index contributed by atoms with van der Waals surface area (Å²) in [7, 11) is 0. The molecule has 2 heterocycles. The smallest absolute Gasteiger partial charge is 0.261 e. The molecule has 0 unspecified atom stereocenters. The van der Waals surface area contributed by atoms with E-state index >= 15 is 0 Å². The number of aryl methyl sites for hydroxylation is 1. The molecule has 0 bridgehead atoms. The van der Waals surface area contributed by atoms with Crippen LogP contribution in [0.3, 0.4) is 0 Å². The predicted molar refractivity (Wildman–Crippen MR) is 102 cm³/mol. The Bertz CT molecular complexity index is 964. The second-order valence-corrected chi connectivity index (χ2v) is 7.15. The van der Waals surface area contributed by atoms with Crippen LogP contribution in [0.4, 0.5) is 0 Å². The zero-order valence-electron chi connectivity index (χ0n) is 14.4. The molecular formula is C19H16BrN5O2. The molecule has 2 aromatic carbocycles. The number of fused-ring (bicyclic) bond motifs is 1. The summed E-state index contributed by atoms with van der Waals surface area (Å²) in [6, 6.07) is 14.6. The third-order valence-corrected chi connectivity index (χ3v) is 4.95. The fourth-order valence-corrected chi connectivity index (χ4v) is 3.28. The summed E-state index contributed by atoms with van der Waals surface area (Å²) in [6.07, 6.45) is 1.42. The monoisotopic (exact) mass is 425 g/mol. The van der Waals surface area contributed by atoms with Crippen LogP contribution in [0.2, 0.25) is 0 Å². The summed E-state index contributed by atoms with van der Waals surface area (Å²) < 4.78 is 0.992. The first-order valence-corrected chi connectivity index (χ1v) is 9.42. The number of imide groups is 1. The standard InChI is InChI=1S/C19H16BrN5O2/c20-14-9-7-13(8-10-14)17-21-23-25(22-17)12-4-3-11-24-18(26)15-5-1-2-6-16(15)19(24)27/h1-2,5-10H,3-4,11-12H2. The summed E-state index contributed by atoms with van der Waals surface area (Å²) in [6.45, 7) is 0.966. The highest BCUT2D eigenvalue weighted by atomic mass is 79.9. The average Bonchev–Trinajstić information content (AvgIpc) is 3.25. The minimum Gasteiger partial charge on any atom is -0.274 e. The van der Waals surface area contributed by atoms with E-state index < -0.39 is 0 Å². The molecule has 3 aromatic rings. The molecule has 1 aliphatic heterocycles. The van der Waals surface area contributed by atoms with Crippen LogP contribution in [0.5, 0.6) is 0 Å². The number of carbonyl (C=O) groups excluding carboxylic acids is 2. The Hall–Kier alpha value is -2.87. The Balaban J connectivity index is 1.31. The number of amides is 2. The lowest BCUT2D eigenvalue weighted by Crippen LogP contribution is -2.30. The van der Waals surface area contributed by atoms with E-state index in [0.717, 1.165) is 16.5 Å². The zero-order chi connectivity index (χ0) is 18.8. The van der Waals surface area contributed by atoms with Crippen molar-refractivity contribution in [1.29, 1.82) is 0 Å². The van der Waals surface area contributed by atoms with Gasteiger partial charge in [-0.3, -0.25) is 14.5 Å². The molecule has 0 spiro atoms. The van der Waals surface area contributed by atoms with Gasteiger partial charge in [0.2, 0.25) is 5.82 Å². The van der Waals surface area contributed by atoms with Gasteiger partial charge in [-0.25, -0.2) is 0 Å². The molecule has 1 aromatic heterocycles. The summed E-state index contributed by atoms with van der Waals surface area (Å²) >= 11 is 3.40. The molecule has 136 valence electrons. The minimum atomic E-state index is -0.216. The third kappa shape index (κ3) is 3.52. The summed E-state index contributed by atoms with van der Waals surface area (Å²) in [4.78, 5) is 27.5. The molecule has 0 N–H and O–H groups in total. The summed E-state index contributed by atoms with van der Waals surface area (Å²) in [5.41, 5.74) is 1.87. The van der Waals surface area contributed by atoms with Crippen molar-refractivity contribution in [1.82, 2.24) is 25.1 Å². The number of halogens is 1. The van der Waals surface area contributed by atoms with E-state index in [4.69, 9.17) is 0 Å². The quantitative estimate of drug-likeness (QED) is 0.447. The first-order chi connectivity index (χ1) is 13.1. The Morgan fingerprint density at radius 2 is 1.48 bits per heavy atom. The van der Waals surface area contributed by atoms with Gasteiger partial charge in [-0.05, 0) is 54.5 Å². The molecule has 7 nitrogen and oxygen atoms in total. The molecule has 0 saturated heterocycles. The number of benzene rings is 2. The lowest BCUT2D eigenvalue weighted by molar-refractivity contribution is 0.0651. The van der Waals surface area contributed by atoms with Crippen LogP contribution in [-0.4, -0.2) is 43.5 Å². The second-order valence-electron chi connectivity index (χ2n) is 6.23. The van der Waals surface area contributed by atoms with Crippen LogP contribution in [0.15, 0.2) is 53.0 Å². The van der Waals surface area contributed by atoms with Crippen LogP contribution in [-0.2, 0) is 6.54 Å². The Morgan fingerprint density at radius 3 is 2.15 bits per heavy atom. The van der Waals surface area contributed by atoms with Gasteiger partial charge in [0.05, 0.1) is 17.7 Å². The van der Waals surface area contributed by atoms with Crippen LogP contribution in [0.25, 0.3) is 11.4 Å². The van der Waals surface area contributed by atoms with Gasteiger partial charge in [-0.2, -0.15) is 4.80 Å². The van der Waals surface area contributed by atoms with Gasteiger partial charge >= 0.3 is 0 Å². The fraction of sp³-hybridized carbons (Fsp3) is 0.211. The molecule has 8 heteroatoms. The van der Waals surface area contributed by atoms with E-state index in [9.17, 15) is 9.59 Å². The van der Waals surface area contributed by atoms with Crippen molar-refractivity contribution in [3.05, 3.63) is 64.1 Å². The minimum absolute atomic E-state index is 0.216. The van der Waals surface area contributed by atoms with Gasteiger partial charge in [0.1, 0.15) is 0 Å². The molecule has 0 saturated carbocycles. The summed E-state index contributed by atoms with van der Waals surface area (Å²) in [5, 5.41) is 12.5. The number of hydrogen-bond acceptors (Lipinski definition) is 5. The van der Waals surface area contributed by atoms with Crippen molar-refractivity contribution >= 4 is 27.7 Å². The van der Waals surface area contributed by atoms with Gasteiger partial charge in [-0.1, -0.05) is 28.1 Å². The topological polar surface area (TPSA) is 81.0 Å². The highest BCUT2D eigenvalue weighted by Crippen LogP contribution is 2.22. The van der Waals surface area contributed by atoms with E-state index in [-0.39, 0.29) is 11.8 Å². The SMILES string of the molecule is O=C1c2ccccc2C(=O)N1CCCCn1nnc(-c2ccc(Br)cc2)n1. The maximum atomic E-state index is 12.3. The van der Waals surface area contributed by atoms with Crippen LogP contribution in [0.1, 0.15) is 33.6 Å². The van der Waals surface area contributed by atoms with Crippen molar-refractivity contribution in [2.24, 2.45) is 0 Å². The van der Waals surface area contributed by atoms with Crippen molar-refractivity contribution in [2.45, 2.75) is 19.4 Å². The Morgan fingerprint density at radius 1 is 0.852 bits per heavy atom. The number of aromatic nitrogens is 4. The maximum Gasteiger partial charge on any atom is 0.261 e. The van der Waals surface area contributed by atoms with Crippen molar-refractivity contribution < 1.29 is 9.59 Å². The number of tetrazole rings is 1. The molecule has 0 aliphatic carbocycles. The van der Waals surface area contributed by atoms with Crippen LogP contribution < -0.4 is 0 Å². The maximum absolute atomic E-state index is 12.3. The fourth-order valence-electron chi connectivity index (χ4n) is 3.02. The highest BCUT2D eigenvalue weighted by Gasteiger charge is 2.34. The second kappa shape index (κ2) is 7.40. The molecule has 0 atom stereocenters. The van der Waals surface area contributed by atoms with Crippen LogP contribution >= 0.6 is 15.9 Å². The van der Waals surface area contributed by atoms with E-state index in [1.807, 2.05) is 24.3 Å². The van der Waals surface area contributed by atoms with Gasteiger partial charge < -0.3 is 0 Å². The van der Waals surface area contributed by atoms with E-state index in [2.05, 4.69) is 31.3 Å². The third-order valence-electron chi connectivity index (χ3n) is 4.42. The first kappa shape index (κ1) is 17.5. The highest BCUT2D eigenvalue weighted by molar-refractivity contribution is 9.10. The number of unbranched alkanes of at least 4 members (excludes halogenated alkanes) is 1. The van der Waals surface area contributed by atoms with E-state index in [1.165, 1.54) is 4.90 Å². The zero-order valence-corrected chi connectivity index (χ0v) is 16.0. The molecular weight excluding hydrogens is 410 g/mol. The number of hydrogen-bond donors (Lipinski definition) is 0. The molecule has 4 rings (SSSR count). The Kier molecular flexibility index (Phi) is 4.81. The van der Waals surface area contributed by atoms with Gasteiger partial charge in [-0.15, -0.1) is 10.2 Å². The molecule has 0 radical (unpaired) electrons. The van der Waals surface area contributed by atoms with Gasteiger partial charge in [0.15, 0.2) is 0 Å². The van der Waals surface area contributed by atoms with Gasteiger partial charge in [0.25, 0.3) is 11.8 Å². The molecule has 27 heavy (non-hydrogen) atoms.